The lowest BCUT2D eigenvalue weighted by molar-refractivity contribution is 0.221. The Kier molecular flexibility index (Phi) is 14.9. The van der Waals surface area contributed by atoms with E-state index in [4.69, 9.17) is 14.6 Å². The van der Waals surface area contributed by atoms with Gasteiger partial charge in [0, 0.05) is 12.8 Å². The number of aliphatic hydroxyl groups excluding tert-OH is 2. The van der Waals surface area contributed by atoms with Crippen molar-refractivity contribution >= 4 is 5.57 Å². The Labute approximate surface area is 262 Å². The first-order valence-corrected chi connectivity index (χ1v) is 15.3. The highest BCUT2D eigenvalue weighted by molar-refractivity contribution is 5.80. The van der Waals surface area contributed by atoms with Crippen molar-refractivity contribution in [1.82, 2.24) is 0 Å². The lowest BCUT2D eigenvalue weighted by atomic mass is 9.93. The zero-order valence-electron chi connectivity index (χ0n) is 25.8. The van der Waals surface area contributed by atoms with E-state index in [1.54, 1.807) is 12.2 Å². The first kappa shape index (κ1) is 34.3. The van der Waals surface area contributed by atoms with Gasteiger partial charge in [-0.2, -0.15) is 0 Å². The standard InChI is InChI=1S/C39H45FO4/c1-4-5-6-10-33-19-21-37(43-25-23-30(2)28-41)22-20-36(40)12-7-8-14-39(33)34-17-15-32(16-18-34)35-11-9-13-38(27-35)44-26-24-31(3)29-42/h7-9,11-22,27,41-42H,2-6,10,23-26,28-29H2,1H3. The van der Waals surface area contributed by atoms with E-state index < -0.39 is 0 Å². The van der Waals surface area contributed by atoms with Crippen LogP contribution >= 0.6 is 0 Å². The van der Waals surface area contributed by atoms with Crippen LogP contribution in [0.15, 0.2) is 139 Å². The first-order valence-electron chi connectivity index (χ1n) is 15.3. The molecule has 0 aromatic heterocycles. The molecule has 0 amide bonds. The van der Waals surface area contributed by atoms with Gasteiger partial charge in [-0.05, 0) is 88.3 Å². The molecule has 3 rings (SSSR count). The number of benzene rings is 2. The van der Waals surface area contributed by atoms with Crippen LogP contribution < -0.4 is 4.74 Å². The summed E-state index contributed by atoms with van der Waals surface area (Å²) in [6.45, 7) is 10.5. The van der Waals surface area contributed by atoms with Crippen molar-refractivity contribution in [3.63, 3.8) is 0 Å². The zero-order chi connectivity index (χ0) is 31.6. The maximum atomic E-state index is 14.4. The molecule has 0 saturated heterocycles. The van der Waals surface area contributed by atoms with Gasteiger partial charge in [-0.15, -0.1) is 0 Å². The second-order valence-corrected chi connectivity index (χ2v) is 10.7. The highest BCUT2D eigenvalue weighted by Gasteiger charge is 2.09. The van der Waals surface area contributed by atoms with Crippen LogP contribution in [-0.4, -0.2) is 36.6 Å². The Balaban J connectivity index is 1.93. The van der Waals surface area contributed by atoms with E-state index in [1.165, 1.54) is 12.2 Å². The predicted molar refractivity (Wildman–Crippen MR) is 181 cm³/mol. The molecule has 0 bridgehead atoms. The molecule has 2 aromatic rings. The molecule has 0 fully saturated rings. The van der Waals surface area contributed by atoms with Crippen molar-refractivity contribution in [3.8, 4) is 16.9 Å². The minimum atomic E-state index is -0.382. The summed E-state index contributed by atoms with van der Waals surface area (Å²) in [5.41, 5.74) is 6.83. The van der Waals surface area contributed by atoms with Gasteiger partial charge in [-0.1, -0.05) is 93.6 Å². The Morgan fingerprint density at radius 2 is 1.43 bits per heavy atom. The fraction of sp³-hybridized carbons (Fsp3) is 0.282. The molecule has 0 unspecified atom stereocenters. The van der Waals surface area contributed by atoms with E-state index in [0.717, 1.165) is 64.8 Å². The molecule has 5 heteroatoms. The average Bonchev–Trinajstić information content (AvgIpc) is 3.04. The van der Waals surface area contributed by atoms with Crippen LogP contribution in [-0.2, 0) is 4.74 Å². The smallest absolute Gasteiger partial charge is 0.123 e. The van der Waals surface area contributed by atoms with E-state index in [9.17, 15) is 9.50 Å². The van der Waals surface area contributed by atoms with Crippen LogP contribution in [0.5, 0.6) is 5.75 Å². The van der Waals surface area contributed by atoms with E-state index in [2.05, 4.69) is 56.5 Å². The highest BCUT2D eigenvalue weighted by atomic mass is 19.1. The van der Waals surface area contributed by atoms with E-state index in [0.29, 0.717) is 37.4 Å². The van der Waals surface area contributed by atoms with Gasteiger partial charge >= 0.3 is 0 Å². The third-order valence-electron chi connectivity index (χ3n) is 7.14. The fourth-order valence-electron chi connectivity index (χ4n) is 4.51. The summed E-state index contributed by atoms with van der Waals surface area (Å²) in [7, 11) is 0. The average molecular weight is 597 g/mol. The zero-order valence-corrected chi connectivity index (χ0v) is 25.8. The largest absolute Gasteiger partial charge is 0.493 e. The van der Waals surface area contributed by atoms with Crippen molar-refractivity contribution in [2.45, 2.75) is 45.4 Å². The van der Waals surface area contributed by atoms with Gasteiger partial charge in [0.1, 0.15) is 17.3 Å². The molecule has 4 nitrogen and oxygen atoms in total. The van der Waals surface area contributed by atoms with Gasteiger partial charge in [0.25, 0.3) is 0 Å². The van der Waals surface area contributed by atoms with Crippen LogP contribution in [0.25, 0.3) is 16.7 Å². The summed E-state index contributed by atoms with van der Waals surface area (Å²) in [6, 6.07) is 16.4. The van der Waals surface area contributed by atoms with Crippen LogP contribution in [0.4, 0.5) is 4.39 Å². The van der Waals surface area contributed by atoms with Crippen LogP contribution in [0, 0.1) is 0 Å². The molecule has 0 radical (unpaired) electrons. The SMILES string of the molecule is C=C(CO)CCOC1=CC=C(F)C=CC=CC(c2ccc(-c3cccc(OCCC(=C)CO)c3)cc2)=C(CCCCC)C=C1. The van der Waals surface area contributed by atoms with Gasteiger partial charge in [0.05, 0.1) is 26.4 Å². The molecule has 1 aliphatic carbocycles. The maximum Gasteiger partial charge on any atom is 0.123 e. The topological polar surface area (TPSA) is 58.9 Å². The normalized spacial score (nSPS) is 13.5. The lowest BCUT2D eigenvalue weighted by Crippen LogP contribution is -2.00. The number of ether oxygens (including phenoxy) is 2. The molecule has 0 heterocycles. The molecule has 0 aliphatic heterocycles. The van der Waals surface area contributed by atoms with Gasteiger partial charge in [0.2, 0.25) is 0 Å². The summed E-state index contributed by atoms with van der Waals surface area (Å²) in [4.78, 5) is 0. The summed E-state index contributed by atoms with van der Waals surface area (Å²) in [6.07, 6.45) is 19.3. The van der Waals surface area contributed by atoms with E-state index in [-0.39, 0.29) is 19.0 Å². The first-order chi connectivity index (χ1) is 21.4. The number of aliphatic hydroxyl groups is 2. The molecular formula is C39H45FO4. The maximum absolute atomic E-state index is 14.4. The van der Waals surface area contributed by atoms with Crippen LogP contribution in [0.1, 0.15) is 51.0 Å². The fourth-order valence-corrected chi connectivity index (χ4v) is 4.51. The quantitative estimate of drug-likeness (QED) is 0.150. The Morgan fingerprint density at radius 3 is 2.14 bits per heavy atom. The predicted octanol–water partition coefficient (Wildman–Crippen LogP) is 9.38. The third-order valence-corrected chi connectivity index (χ3v) is 7.14. The Bertz CT molecular complexity index is 1420. The molecule has 2 aromatic carbocycles. The summed E-state index contributed by atoms with van der Waals surface area (Å²) in [5.74, 6) is 0.923. The summed E-state index contributed by atoms with van der Waals surface area (Å²) >= 11 is 0. The van der Waals surface area contributed by atoms with Crippen molar-refractivity contribution in [2.24, 2.45) is 0 Å². The monoisotopic (exact) mass is 596 g/mol. The lowest BCUT2D eigenvalue weighted by Gasteiger charge is -2.13. The number of halogens is 1. The minimum absolute atomic E-state index is 0.0325. The van der Waals surface area contributed by atoms with Gasteiger partial charge in [-0.3, -0.25) is 0 Å². The summed E-state index contributed by atoms with van der Waals surface area (Å²) < 4.78 is 26.3. The molecule has 232 valence electrons. The van der Waals surface area contributed by atoms with Gasteiger partial charge < -0.3 is 19.7 Å². The van der Waals surface area contributed by atoms with E-state index in [1.807, 2.05) is 36.4 Å². The minimum Gasteiger partial charge on any atom is -0.493 e. The second-order valence-electron chi connectivity index (χ2n) is 10.7. The Morgan fingerprint density at radius 1 is 0.750 bits per heavy atom. The molecule has 2 N–H and O–H groups in total. The number of unbranched alkanes of at least 4 members (excludes halogenated alkanes) is 2. The number of rotatable bonds is 16. The molecule has 0 atom stereocenters. The highest BCUT2D eigenvalue weighted by Crippen LogP contribution is 2.30. The molecule has 0 spiro atoms. The van der Waals surface area contributed by atoms with Crippen molar-refractivity contribution in [1.29, 1.82) is 0 Å². The van der Waals surface area contributed by atoms with Crippen molar-refractivity contribution in [2.75, 3.05) is 26.4 Å². The van der Waals surface area contributed by atoms with Crippen LogP contribution in [0.3, 0.4) is 0 Å². The number of hydrogen-bond acceptors (Lipinski definition) is 4. The summed E-state index contributed by atoms with van der Waals surface area (Å²) in [5, 5.41) is 18.4. The molecular weight excluding hydrogens is 551 g/mol. The number of allylic oxidation sites excluding steroid dienone is 11. The molecule has 0 saturated carbocycles. The van der Waals surface area contributed by atoms with Gasteiger partial charge in [-0.25, -0.2) is 4.39 Å². The number of hydrogen-bond donors (Lipinski definition) is 2. The molecule has 1 aliphatic rings. The second kappa shape index (κ2) is 19.2. The van der Waals surface area contributed by atoms with Crippen LogP contribution in [0.2, 0.25) is 0 Å². The molecule has 44 heavy (non-hydrogen) atoms. The van der Waals surface area contributed by atoms with Gasteiger partial charge in [0.15, 0.2) is 0 Å². The van der Waals surface area contributed by atoms with E-state index >= 15 is 0 Å². The Hall–Kier alpha value is -4.19. The third kappa shape index (κ3) is 11.8. The van der Waals surface area contributed by atoms with Crippen molar-refractivity contribution in [3.05, 3.63) is 144 Å². The van der Waals surface area contributed by atoms with Crippen molar-refractivity contribution < 1.29 is 24.1 Å².